The van der Waals surface area contributed by atoms with Gasteiger partial charge in [0.25, 0.3) is 0 Å². The number of imidazole rings is 2. The number of H-pyrrole nitrogens is 2. The Balaban J connectivity index is 0.889. The van der Waals surface area contributed by atoms with Crippen LogP contribution in [0.2, 0.25) is 0 Å². The molecule has 0 radical (unpaired) electrons. The Bertz CT molecular complexity index is 2420. The van der Waals surface area contributed by atoms with Crippen LogP contribution in [0.1, 0.15) is 77.1 Å². The summed E-state index contributed by atoms with van der Waals surface area (Å²) in [5.41, 5.74) is 6.30. The van der Waals surface area contributed by atoms with E-state index in [4.69, 9.17) is 24.5 Å². The van der Waals surface area contributed by atoms with E-state index in [1.807, 2.05) is 97.0 Å². The van der Waals surface area contributed by atoms with E-state index < -0.39 is 24.3 Å². The van der Waals surface area contributed by atoms with Crippen molar-refractivity contribution in [2.75, 3.05) is 14.2 Å². The van der Waals surface area contributed by atoms with Crippen LogP contribution < -0.4 is 10.6 Å². The van der Waals surface area contributed by atoms with Gasteiger partial charge < -0.3 is 39.9 Å². The largest absolute Gasteiger partial charge is 0.453 e. The minimum absolute atomic E-state index is 0.104. The fraction of sp³-hybridized carbons (Fsp3) is 0.465. The summed E-state index contributed by atoms with van der Waals surface area (Å²) in [6.45, 7) is 7.66. The van der Waals surface area contributed by atoms with Crippen molar-refractivity contribution in [3.8, 4) is 33.8 Å². The highest BCUT2D eigenvalue weighted by atomic mass is 16.5. The number of carbonyl (C=O) groups excluding carboxylic acids is 4. The summed E-state index contributed by atoms with van der Waals surface area (Å²) in [5, 5.41) is 10.3. The van der Waals surface area contributed by atoms with Gasteiger partial charge in [0.15, 0.2) is 0 Å². The second-order valence-corrected chi connectivity index (χ2v) is 17.1. The SMILES string of the molecule is COC(=O)N[C@H](C(=O)N1C2CC2C[C@H]1c1ncc(-c2ccc(-c3cc4cc(-c5cnc([C@@H]6CC7C[C@H]7N6C(=O)[C@@H](NC(=O)OC)C(C)C)[nH]5)ccn4n3)cc2)[nH]1)C(C)C. The first-order chi connectivity index (χ1) is 28.4. The number of hydrogen-bond donors (Lipinski definition) is 4. The highest BCUT2D eigenvalue weighted by Gasteiger charge is 2.57. The van der Waals surface area contributed by atoms with Crippen LogP contribution >= 0.6 is 0 Å². The van der Waals surface area contributed by atoms with E-state index in [-0.39, 0.29) is 47.8 Å². The molecule has 4 aromatic heterocycles. The van der Waals surface area contributed by atoms with Gasteiger partial charge in [-0.05, 0) is 73.1 Å². The molecule has 0 spiro atoms. The normalized spacial score (nSPS) is 23.9. The molecule has 0 bridgehead atoms. The van der Waals surface area contributed by atoms with Crippen molar-refractivity contribution >= 4 is 29.5 Å². The number of amides is 4. The summed E-state index contributed by atoms with van der Waals surface area (Å²) in [7, 11) is 2.60. The molecule has 9 rings (SSSR count). The molecule has 4 aliphatic rings. The van der Waals surface area contributed by atoms with Gasteiger partial charge in [-0.1, -0.05) is 52.0 Å². The number of benzene rings is 1. The summed E-state index contributed by atoms with van der Waals surface area (Å²) in [6, 6.07) is 12.8. The number of methoxy groups -OCH3 is 2. The maximum absolute atomic E-state index is 13.8. The van der Waals surface area contributed by atoms with Gasteiger partial charge in [-0.2, -0.15) is 5.10 Å². The number of likely N-dealkylation sites (tertiary alicyclic amines) is 2. The smallest absolute Gasteiger partial charge is 0.407 e. The third kappa shape index (κ3) is 7.07. The van der Waals surface area contributed by atoms with E-state index in [0.717, 1.165) is 76.6 Å². The zero-order valence-corrected chi connectivity index (χ0v) is 34.0. The predicted octanol–water partition coefficient (Wildman–Crippen LogP) is 5.87. The summed E-state index contributed by atoms with van der Waals surface area (Å²) >= 11 is 0. The molecule has 59 heavy (non-hydrogen) atoms. The lowest BCUT2D eigenvalue weighted by molar-refractivity contribution is -0.137. The molecule has 6 heterocycles. The lowest BCUT2D eigenvalue weighted by Crippen LogP contribution is -2.52. The van der Waals surface area contributed by atoms with Gasteiger partial charge in [0, 0.05) is 29.4 Å². The van der Waals surface area contributed by atoms with Gasteiger partial charge in [0.05, 0.1) is 61.3 Å². The average Bonchev–Trinajstić information content (AvgIpc) is 3.72. The van der Waals surface area contributed by atoms with Gasteiger partial charge in [0.1, 0.15) is 23.7 Å². The molecule has 4 fully saturated rings. The van der Waals surface area contributed by atoms with Crippen LogP contribution in [0.15, 0.2) is 61.1 Å². The summed E-state index contributed by atoms with van der Waals surface area (Å²) in [5.74, 6) is 1.92. The van der Waals surface area contributed by atoms with Gasteiger partial charge in [-0.3, -0.25) is 9.59 Å². The molecule has 308 valence electrons. The van der Waals surface area contributed by atoms with Gasteiger partial charge in [-0.25, -0.2) is 24.1 Å². The third-order valence-electron chi connectivity index (χ3n) is 12.6. The molecule has 2 aliphatic carbocycles. The van der Waals surface area contributed by atoms with E-state index in [1.165, 1.54) is 14.2 Å². The molecular formula is C43H50N10O6. The molecule has 4 amide bonds. The maximum atomic E-state index is 13.8. The second-order valence-electron chi connectivity index (χ2n) is 17.1. The Hall–Kier alpha value is -6.19. The summed E-state index contributed by atoms with van der Waals surface area (Å²) < 4.78 is 11.4. The molecule has 1 aromatic carbocycles. The average molecular weight is 803 g/mol. The van der Waals surface area contributed by atoms with Crippen molar-refractivity contribution in [1.82, 2.24) is 50.0 Å². The van der Waals surface area contributed by atoms with Crippen LogP contribution in [0, 0.1) is 23.7 Å². The third-order valence-corrected chi connectivity index (χ3v) is 12.6. The lowest BCUT2D eigenvalue weighted by atomic mass is 10.0. The molecule has 16 heteroatoms. The number of aromatic amines is 2. The molecular weight excluding hydrogens is 753 g/mol. The van der Waals surface area contributed by atoms with Crippen LogP contribution in [0.4, 0.5) is 9.59 Å². The van der Waals surface area contributed by atoms with E-state index in [0.29, 0.717) is 11.8 Å². The highest BCUT2D eigenvalue weighted by Crippen LogP contribution is 2.54. The summed E-state index contributed by atoms with van der Waals surface area (Å²) in [6.07, 6.45) is 7.91. The highest BCUT2D eigenvalue weighted by molar-refractivity contribution is 5.88. The number of hydrogen-bond acceptors (Lipinski definition) is 9. The van der Waals surface area contributed by atoms with Crippen LogP contribution in [0.3, 0.4) is 0 Å². The van der Waals surface area contributed by atoms with Crippen LogP contribution in [0.25, 0.3) is 39.3 Å². The van der Waals surface area contributed by atoms with Crippen molar-refractivity contribution in [3.05, 3.63) is 72.7 Å². The molecule has 2 aliphatic heterocycles. The van der Waals surface area contributed by atoms with Crippen LogP contribution in [-0.2, 0) is 19.1 Å². The number of ether oxygens (including phenoxy) is 2. The zero-order chi connectivity index (χ0) is 41.3. The van der Waals surface area contributed by atoms with E-state index in [2.05, 4.69) is 26.7 Å². The number of fused-ring (bicyclic) bond motifs is 3. The van der Waals surface area contributed by atoms with E-state index in [1.54, 1.807) is 0 Å². The quantitative estimate of drug-likeness (QED) is 0.127. The Kier molecular flexibility index (Phi) is 9.67. The summed E-state index contributed by atoms with van der Waals surface area (Å²) in [4.78, 5) is 72.1. The first kappa shape index (κ1) is 38.3. The van der Waals surface area contributed by atoms with Gasteiger partial charge in [0.2, 0.25) is 11.8 Å². The van der Waals surface area contributed by atoms with Crippen molar-refractivity contribution in [3.63, 3.8) is 0 Å². The Morgan fingerprint density at radius 3 is 1.66 bits per heavy atom. The Morgan fingerprint density at radius 2 is 1.17 bits per heavy atom. The number of carbonyl (C=O) groups is 4. The predicted molar refractivity (Wildman–Crippen MR) is 216 cm³/mol. The Morgan fingerprint density at radius 1 is 0.678 bits per heavy atom. The molecule has 16 nitrogen and oxygen atoms in total. The van der Waals surface area contributed by atoms with Crippen molar-refractivity contribution in [2.45, 2.75) is 89.6 Å². The fourth-order valence-corrected chi connectivity index (χ4v) is 9.18. The second kappa shape index (κ2) is 14.9. The van der Waals surface area contributed by atoms with Gasteiger partial charge >= 0.3 is 12.2 Å². The number of rotatable bonds is 11. The molecule has 3 unspecified atom stereocenters. The van der Waals surface area contributed by atoms with Gasteiger partial charge in [-0.15, -0.1) is 0 Å². The minimum Gasteiger partial charge on any atom is -0.453 e. The van der Waals surface area contributed by atoms with E-state index >= 15 is 0 Å². The van der Waals surface area contributed by atoms with Crippen molar-refractivity contribution in [2.24, 2.45) is 23.7 Å². The molecule has 8 atom stereocenters. The van der Waals surface area contributed by atoms with Crippen LogP contribution in [0.5, 0.6) is 0 Å². The number of alkyl carbamates (subject to hydrolysis) is 2. The number of pyridine rings is 1. The topological polar surface area (TPSA) is 192 Å². The number of piperidine rings is 2. The maximum Gasteiger partial charge on any atom is 0.407 e. The number of nitrogens with zero attached hydrogens (tertiary/aromatic N) is 6. The first-order valence-electron chi connectivity index (χ1n) is 20.5. The standard InChI is InChI=1S/C43H50N10O6/c1-21(2)36(48-42(56)58-5)40(54)52-32-14-26(32)16-34(52)38-44-19-30(46-38)24-9-7-23(8-10-24)29-18-28-13-25(11-12-51(28)50-29)31-20-45-39(47-31)35-17-27-15-33(27)53(35)41(55)37(22(3)4)49-43(57)59-6/h7-13,18-22,26-27,32-37H,14-17H2,1-6H3,(H,44,46)(H,45,47)(H,48,56)(H,49,57)/t26?,27?,32?,33-,34+,35+,36+,37+/m1/s1. The number of nitrogens with one attached hydrogen (secondary N) is 4. The molecule has 2 saturated carbocycles. The zero-order valence-electron chi connectivity index (χ0n) is 34.0. The lowest BCUT2D eigenvalue weighted by Gasteiger charge is -2.31. The Labute approximate surface area is 341 Å². The van der Waals surface area contributed by atoms with Crippen molar-refractivity contribution in [1.29, 1.82) is 0 Å². The fourth-order valence-electron chi connectivity index (χ4n) is 9.18. The first-order valence-corrected chi connectivity index (χ1v) is 20.5. The molecule has 5 aromatic rings. The number of aromatic nitrogens is 6. The van der Waals surface area contributed by atoms with Crippen LogP contribution in [-0.4, -0.2) is 102 Å². The van der Waals surface area contributed by atoms with Crippen molar-refractivity contribution < 1.29 is 28.7 Å². The molecule has 4 N–H and O–H groups in total. The molecule has 2 saturated heterocycles. The minimum atomic E-state index is -0.688. The monoisotopic (exact) mass is 802 g/mol. The van der Waals surface area contributed by atoms with E-state index in [9.17, 15) is 19.2 Å².